The van der Waals surface area contributed by atoms with Crippen LogP contribution in [0.1, 0.15) is 31.8 Å². The lowest BCUT2D eigenvalue weighted by molar-refractivity contribution is 0.0732. The molecule has 0 aromatic heterocycles. The molecule has 0 aliphatic carbocycles. The second-order valence-electron chi connectivity index (χ2n) is 7.01. The lowest BCUT2D eigenvalue weighted by Gasteiger charge is -2.10. The zero-order chi connectivity index (χ0) is 21.5. The number of rotatable bonds is 3. The molecule has 0 amide bonds. The Hall–Kier alpha value is -3.58. The van der Waals surface area contributed by atoms with Gasteiger partial charge in [0.2, 0.25) is 12.6 Å². The minimum Gasteiger partial charge on any atom is -0.454 e. The molecule has 0 unspecified atom stereocenters. The molecule has 6 nitrogen and oxygen atoms in total. The van der Waals surface area contributed by atoms with Gasteiger partial charge in [0, 0.05) is 10.0 Å². The highest BCUT2D eigenvalue weighted by molar-refractivity contribution is 9.10. The van der Waals surface area contributed by atoms with Crippen LogP contribution in [0.2, 0.25) is 0 Å². The van der Waals surface area contributed by atoms with Crippen molar-refractivity contribution in [2.45, 2.75) is 6.92 Å². The van der Waals surface area contributed by atoms with Gasteiger partial charge in [0.15, 0.2) is 17.3 Å². The molecule has 3 aromatic rings. The molecule has 7 heteroatoms. The Morgan fingerprint density at radius 3 is 2.61 bits per heavy atom. The quantitative estimate of drug-likeness (QED) is 0.288. The van der Waals surface area contributed by atoms with Crippen molar-refractivity contribution in [2.24, 2.45) is 0 Å². The van der Waals surface area contributed by atoms with E-state index in [-0.39, 0.29) is 18.3 Å². The van der Waals surface area contributed by atoms with Crippen LogP contribution in [0.25, 0.3) is 6.08 Å². The first kappa shape index (κ1) is 19.4. The normalized spacial score (nSPS) is 15.0. The maximum atomic E-state index is 12.7. The van der Waals surface area contributed by atoms with Crippen molar-refractivity contribution in [3.63, 3.8) is 0 Å². The lowest BCUT2D eigenvalue weighted by Crippen LogP contribution is -2.09. The van der Waals surface area contributed by atoms with E-state index in [4.69, 9.17) is 18.9 Å². The van der Waals surface area contributed by atoms with Crippen LogP contribution in [0, 0.1) is 6.92 Å². The van der Waals surface area contributed by atoms with Gasteiger partial charge >= 0.3 is 5.97 Å². The van der Waals surface area contributed by atoms with Gasteiger partial charge in [-0.05, 0) is 61.0 Å². The second-order valence-corrected chi connectivity index (χ2v) is 7.93. The predicted octanol–water partition coefficient (Wildman–Crippen LogP) is 5.32. The first-order valence-electron chi connectivity index (χ1n) is 9.45. The van der Waals surface area contributed by atoms with E-state index in [1.54, 1.807) is 43.3 Å². The average molecular weight is 479 g/mol. The Bertz CT molecular complexity index is 1260. The maximum absolute atomic E-state index is 12.7. The molecule has 0 saturated carbocycles. The van der Waals surface area contributed by atoms with Crippen LogP contribution in [0.3, 0.4) is 0 Å². The predicted molar refractivity (Wildman–Crippen MR) is 116 cm³/mol. The fourth-order valence-electron chi connectivity index (χ4n) is 3.37. The van der Waals surface area contributed by atoms with Crippen LogP contribution in [0.15, 0.2) is 64.8 Å². The van der Waals surface area contributed by atoms with Crippen LogP contribution in [-0.4, -0.2) is 18.5 Å². The number of hydrogen-bond acceptors (Lipinski definition) is 6. The third-order valence-corrected chi connectivity index (χ3v) is 5.54. The number of Topliss-reactive ketones (excluding diaryl/α,β-unsaturated/α-hetero) is 1. The summed E-state index contributed by atoms with van der Waals surface area (Å²) in [4.78, 5) is 25.4. The fraction of sp³-hybridized carbons (Fsp3) is 0.0833. The van der Waals surface area contributed by atoms with E-state index in [1.807, 2.05) is 24.3 Å². The van der Waals surface area contributed by atoms with Crippen molar-refractivity contribution < 1.29 is 28.5 Å². The average Bonchev–Trinajstić information content (AvgIpc) is 3.36. The number of allylic oxidation sites excluding steroid dienone is 1. The maximum Gasteiger partial charge on any atom is 0.343 e. The zero-order valence-electron chi connectivity index (χ0n) is 16.3. The van der Waals surface area contributed by atoms with Crippen molar-refractivity contribution in [1.82, 2.24) is 0 Å². The van der Waals surface area contributed by atoms with Gasteiger partial charge in [-0.1, -0.05) is 28.1 Å². The molecule has 31 heavy (non-hydrogen) atoms. The summed E-state index contributed by atoms with van der Waals surface area (Å²) in [5, 5.41) is 0. The van der Waals surface area contributed by atoms with E-state index < -0.39 is 5.97 Å². The van der Waals surface area contributed by atoms with Crippen molar-refractivity contribution in [3.05, 3.63) is 87.1 Å². The monoisotopic (exact) mass is 478 g/mol. The van der Waals surface area contributed by atoms with Crippen LogP contribution < -0.4 is 18.9 Å². The molecule has 154 valence electrons. The molecule has 5 rings (SSSR count). The van der Waals surface area contributed by atoms with Gasteiger partial charge < -0.3 is 18.9 Å². The topological polar surface area (TPSA) is 71.1 Å². The number of ether oxygens (including phenoxy) is 4. The van der Waals surface area contributed by atoms with Crippen molar-refractivity contribution in [1.29, 1.82) is 0 Å². The van der Waals surface area contributed by atoms with Gasteiger partial charge in [0.25, 0.3) is 0 Å². The molecule has 2 aliphatic rings. The number of ketones is 1. The zero-order valence-corrected chi connectivity index (χ0v) is 17.9. The molecule has 0 N–H and O–H groups in total. The summed E-state index contributed by atoms with van der Waals surface area (Å²) in [5.74, 6) is 1.26. The van der Waals surface area contributed by atoms with E-state index in [1.165, 1.54) is 0 Å². The highest BCUT2D eigenvalue weighted by Crippen LogP contribution is 2.40. The highest BCUT2D eigenvalue weighted by atomic mass is 79.9. The largest absolute Gasteiger partial charge is 0.454 e. The summed E-state index contributed by atoms with van der Waals surface area (Å²) in [7, 11) is 0. The number of esters is 1. The number of hydrogen-bond donors (Lipinski definition) is 0. The summed E-state index contributed by atoms with van der Waals surface area (Å²) < 4.78 is 22.9. The smallest absolute Gasteiger partial charge is 0.343 e. The number of halogens is 1. The summed E-state index contributed by atoms with van der Waals surface area (Å²) in [6.45, 7) is 1.87. The molecule has 2 heterocycles. The Balaban J connectivity index is 1.40. The first-order chi connectivity index (χ1) is 15.0. The first-order valence-corrected chi connectivity index (χ1v) is 10.2. The Kier molecular flexibility index (Phi) is 4.75. The molecule has 0 spiro atoms. The molecule has 0 radical (unpaired) electrons. The summed E-state index contributed by atoms with van der Waals surface area (Å²) in [5.41, 5.74) is 2.17. The van der Waals surface area contributed by atoms with Crippen molar-refractivity contribution >= 4 is 33.8 Å². The van der Waals surface area contributed by atoms with E-state index >= 15 is 0 Å². The number of carbonyl (C=O) groups is 2. The fourth-order valence-corrected chi connectivity index (χ4v) is 3.64. The van der Waals surface area contributed by atoms with E-state index in [0.717, 1.165) is 10.0 Å². The van der Waals surface area contributed by atoms with E-state index in [9.17, 15) is 9.59 Å². The van der Waals surface area contributed by atoms with Crippen LogP contribution in [0.5, 0.6) is 23.0 Å². The molecule has 0 fully saturated rings. The molecule has 0 bridgehead atoms. The molecule has 3 aromatic carbocycles. The Labute approximate surface area is 186 Å². The van der Waals surface area contributed by atoms with Crippen molar-refractivity contribution in [2.75, 3.05) is 6.79 Å². The van der Waals surface area contributed by atoms with E-state index in [2.05, 4.69) is 15.9 Å². The Morgan fingerprint density at radius 1 is 1.03 bits per heavy atom. The van der Waals surface area contributed by atoms with Gasteiger partial charge in [0.1, 0.15) is 11.5 Å². The molecular weight excluding hydrogens is 464 g/mol. The number of benzene rings is 3. The number of fused-ring (bicyclic) bond motifs is 2. The van der Waals surface area contributed by atoms with Crippen LogP contribution in [-0.2, 0) is 0 Å². The lowest BCUT2D eigenvalue weighted by atomic mass is 10.1. The van der Waals surface area contributed by atoms with Gasteiger partial charge in [-0.25, -0.2) is 4.79 Å². The van der Waals surface area contributed by atoms with Gasteiger partial charge in [-0.2, -0.15) is 0 Å². The molecular formula is C24H15BrO6. The second kappa shape index (κ2) is 7.59. The van der Waals surface area contributed by atoms with Crippen LogP contribution in [0.4, 0.5) is 0 Å². The SMILES string of the molecule is Cc1c(OC(=O)c2ccc3c(c2)OCO3)ccc2c1O/C(=C\c1ccc(Br)cc1)C2=O. The summed E-state index contributed by atoms with van der Waals surface area (Å²) in [6.07, 6.45) is 1.69. The Morgan fingerprint density at radius 2 is 1.81 bits per heavy atom. The summed E-state index contributed by atoms with van der Waals surface area (Å²) >= 11 is 3.39. The van der Waals surface area contributed by atoms with Gasteiger partial charge in [-0.15, -0.1) is 0 Å². The molecule has 0 saturated heterocycles. The summed E-state index contributed by atoms with van der Waals surface area (Å²) in [6, 6.07) is 15.6. The number of carbonyl (C=O) groups excluding carboxylic acids is 2. The minimum atomic E-state index is -0.545. The van der Waals surface area contributed by atoms with Crippen LogP contribution >= 0.6 is 15.9 Å². The third kappa shape index (κ3) is 3.57. The molecule has 2 aliphatic heterocycles. The van der Waals surface area contributed by atoms with Crippen molar-refractivity contribution in [3.8, 4) is 23.0 Å². The van der Waals surface area contributed by atoms with Gasteiger partial charge in [-0.3, -0.25) is 4.79 Å². The highest BCUT2D eigenvalue weighted by Gasteiger charge is 2.30. The van der Waals surface area contributed by atoms with Gasteiger partial charge in [0.05, 0.1) is 11.1 Å². The third-order valence-electron chi connectivity index (χ3n) is 5.02. The minimum absolute atomic E-state index is 0.124. The molecule has 0 atom stereocenters. The standard InChI is InChI=1S/C24H15BrO6/c1-13-18(31-24(27)15-4-8-19-20(11-15)29-12-28-19)9-7-17-22(26)21(30-23(13)17)10-14-2-5-16(25)6-3-14/h2-11H,12H2,1H3/b21-10-. The van der Waals surface area contributed by atoms with E-state index in [0.29, 0.717) is 39.7 Å².